The molecule has 144 valence electrons. The van der Waals surface area contributed by atoms with Crippen LogP contribution in [0.15, 0.2) is 6.07 Å². The Bertz CT molecular complexity index is 899. The van der Waals surface area contributed by atoms with Crippen molar-refractivity contribution >= 4 is 34.3 Å². The summed E-state index contributed by atoms with van der Waals surface area (Å²) in [6, 6.07) is 2.19. The molecule has 8 heteroatoms. The molecular weight excluding hydrogens is 360 g/mol. The summed E-state index contributed by atoms with van der Waals surface area (Å²) in [7, 11) is 1.91. The van der Waals surface area contributed by atoms with Crippen molar-refractivity contribution in [3.05, 3.63) is 23.0 Å². The van der Waals surface area contributed by atoms with Gasteiger partial charge in [0.15, 0.2) is 10.8 Å². The molecule has 27 heavy (non-hydrogen) atoms. The normalized spacial score (nSPS) is 17.6. The molecule has 2 aliphatic rings. The van der Waals surface area contributed by atoms with Gasteiger partial charge in [0.2, 0.25) is 0 Å². The highest BCUT2D eigenvalue weighted by atomic mass is 32.1. The van der Waals surface area contributed by atoms with Crippen molar-refractivity contribution in [3.63, 3.8) is 0 Å². The fraction of sp³-hybridized carbons (Fsp3) is 0.579. The third kappa shape index (κ3) is 3.76. The van der Waals surface area contributed by atoms with Crippen molar-refractivity contribution in [2.45, 2.75) is 63.8 Å². The first-order valence-corrected chi connectivity index (χ1v) is 10.1. The van der Waals surface area contributed by atoms with Gasteiger partial charge in [0.05, 0.1) is 16.6 Å². The third-order valence-corrected chi connectivity index (χ3v) is 5.54. The van der Waals surface area contributed by atoms with Crippen LogP contribution in [0.25, 0.3) is 11.0 Å². The number of hydrogen-bond acceptors (Lipinski definition) is 4. The predicted molar refractivity (Wildman–Crippen MR) is 109 cm³/mol. The summed E-state index contributed by atoms with van der Waals surface area (Å²) < 4.78 is 1.81. The van der Waals surface area contributed by atoms with Gasteiger partial charge in [-0.3, -0.25) is 20.3 Å². The van der Waals surface area contributed by atoms with E-state index in [1.165, 1.54) is 0 Å². The average Bonchev–Trinajstić information content (AvgIpc) is 3.56. The molecule has 1 atom stereocenters. The zero-order valence-electron chi connectivity index (χ0n) is 16.0. The molecule has 2 saturated carbocycles. The van der Waals surface area contributed by atoms with Gasteiger partial charge in [-0.25, -0.2) is 4.98 Å². The van der Waals surface area contributed by atoms with Crippen LogP contribution in [0.2, 0.25) is 0 Å². The van der Waals surface area contributed by atoms with E-state index in [1.54, 1.807) is 0 Å². The SMILES string of the molecule is CC[C@H](C)NC(=S)NNC(=O)c1cc(C2CC2)nc2c1c(C1CC1)nn2C. The molecule has 0 aromatic carbocycles. The minimum absolute atomic E-state index is 0.201. The Balaban J connectivity index is 1.63. The lowest BCUT2D eigenvalue weighted by Crippen LogP contribution is -2.49. The highest BCUT2D eigenvalue weighted by molar-refractivity contribution is 7.80. The van der Waals surface area contributed by atoms with Crippen molar-refractivity contribution in [1.29, 1.82) is 0 Å². The van der Waals surface area contributed by atoms with Gasteiger partial charge in [-0.2, -0.15) is 5.10 Å². The van der Waals surface area contributed by atoms with Gasteiger partial charge in [0.25, 0.3) is 5.91 Å². The molecule has 3 N–H and O–H groups in total. The van der Waals surface area contributed by atoms with Crippen molar-refractivity contribution in [2.75, 3.05) is 0 Å². The summed E-state index contributed by atoms with van der Waals surface area (Å²) in [4.78, 5) is 17.8. The summed E-state index contributed by atoms with van der Waals surface area (Å²) in [5, 5.41) is 9.11. The lowest BCUT2D eigenvalue weighted by atomic mass is 10.1. The van der Waals surface area contributed by atoms with E-state index in [2.05, 4.69) is 28.2 Å². The Kier molecular flexibility index (Phi) is 4.75. The van der Waals surface area contributed by atoms with Gasteiger partial charge < -0.3 is 5.32 Å². The molecule has 0 bridgehead atoms. The van der Waals surface area contributed by atoms with Crippen LogP contribution in [0.3, 0.4) is 0 Å². The average molecular weight is 387 g/mol. The topological polar surface area (TPSA) is 83.9 Å². The Morgan fingerprint density at radius 1 is 1.30 bits per heavy atom. The number of hydrazine groups is 1. The van der Waals surface area contributed by atoms with Gasteiger partial charge in [-0.15, -0.1) is 0 Å². The largest absolute Gasteiger partial charge is 0.359 e. The first-order chi connectivity index (χ1) is 13.0. The quantitative estimate of drug-likeness (QED) is 0.541. The van der Waals surface area contributed by atoms with Gasteiger partial charge in [0, 0.05) is 30.6 Å². The maximum atomic E-state index is 13.0. The minimum Gasteiger partial charge on any atom is -0.359 e. The Labute approximate surface area is 164 Å². The van der Waals surface area contributed by atoms with Gasteiger partial charge in [-0.1, -0.05) is 6.92 Å². The monoisotopic (exact) mass is 386 g/mol. The molecule has 0 radical (unpaired) electrons. The van der Waals surface area contributed by atoms with E-state index in [9.17, 15) is 4.79 Å². The highest BCUT2D eigenvalue weighted by Gasteiger charge is 2.33. The highest BCUT2D eigenvalue weighted by Crippen LogP contribution is 2.45. The Morgan fingerprint density at radius 2 is 2.00 bits per heavy atom. The molecule has 4 rings (SSSR count). The maximum Gasteiger partial charge on any atom is 0.270 e. The standard InChI is InChI=1S/C19H26N6OS/c1-4-10(2)20-19(27)23-22-18(26)13-9-14(11-5-6-11)21-17-15(13)16(12-7-8-12)24-25(17)3/h9-12H,4-8H2,1-3H3,(H,22,26)(H2,20,23,27)/t10-/m0/s1. The van der Waals surface area contributed by atoms with Gasteiger partial charge in [-0.05, 0) is 57.3 Å². The fourth-order valence-electron chi connectivity index (χ4n) is 3.25. The zero-order valence-corrected chi connectivity index (χ0v) is 16.8. The lowest BCUT2D eigenvalue weighted by Gasteiger charge is -2.16. The summed E-state index contributed by atoms with van der Waals surface area (Å²) >= 11 is 5.25. The molecule has 0 saturated heterocycles. The molecule has 2 heterocycles. The van der Waals surface area contributed by atoms with Crippen LogP contribution >= 0.6 is 12.2 Å². The predicted octanol–water partition coefficient (Wildman–Crippen LogP) is 2.63. The molecule has 0 aliphatic heterocycles. The Hall–Kier alpha value is -2.22. The second-order valence-electron chi connectivity index (χ2n) is 7.71. The fourth-order valence-corrected chi connectivity index (χ4v) is 3.50. The van der Waals surface area contributed by atoms with E-state index in [0.717, 1.165) is 54.5 Å². The molecule has 2 aromatic heterocycles. The van der Waals surface area contributed by atoms with E-state index in [4.69, 9.17) is 17.2 Å². The number of hydrogen-bond donors (Lipinski definition) is 3. The van der Waals surface area contributed by atoms with Crippen LogP contribution in [-0.2, 0) is 7.05 Å². The third-order valence-electron chi connectivity index (χ3n) is 5.32. The van der Waals surface area contributed by atoms with E-state index in [-0.39, 0.29) is 11.9 Å². The van der Waals surface area contributed by atoms with Crippen molar-refractivity contribution < 1.29 is 4.79 Å². The number of aromatic nitrogens is 3. The van der Waals surface area contributed by atoms with E-state index in [1.807, 2.05) is 24.7 Å². The number of rotatable bonds is 5. The number of carbonyl (C=O) groups is 1. The van der Waals surface area contributed by atoms with E-state index < -0.39 is 0 Å². The number of carbonyl (C=O) groups excluding carboxylic acids is 1. The van der Waals surface area contributed by atoms with Gasteiger partial charge in [0.1, 0.15) is 0 Å². The molecule has 2 aromatic rings. The van der Waals surface area contributed by atoms with Crippen LogP contribution in [0.5, 0.6) is 0 Å². The lowest BCUT2D eigenvalue weighted by molar-refractivity contribution is 0.0945. The van der Waals surface area contributed by atoms with Crippen molar-refractivity contribution in [1.82, 2.24) is 30.9 Å². The van der Waals surface area contributed by atoms with Crippen LogP contribution in [-0.4, -0.2) is 31.8 Å². The van der Waals surface area contributed by atoms with Gasteiger partial charge >= 0.3 is 0 Å². The zero-order chi connectivity index (χ0) is 19.1. The van der Waals surface area contributed by atoms with Crippen molar-refractivity contribution in [2.24, 2.45) is 7.05 Å². The molecule has 2 aliphatic carbocycles. The summed E-state index contributed by atoms with van der Waals surface area (Å²) in [5.41, 5.74) is 8.98. The van der Waals surface area contributed by atoms with E-state index in [0.29, 0.717) is 22.5 Å². The molecule has 7 nitrogen and oxygen atoms in total. The summed E-state index contributed by atoms with van der Waals surface area (Å²) in [5.74, 6) is 0.698. The first-order valence-electron chi connectivity index (χ1n) is 9.72. The minimum atomic E-state index is -0.201. The number of aryl methyl sites for hydroxylation is 1. The molecule has 0 unspecified atom stereocenters. The maximum absolute atomic E-state index is 13.0. The molecule has 2 fully saturated rings. The van der Waals surface area contributed by atoms with E-state index >= 15 is 0 Å². The number of nitrogens with zero attached hydrogens (tertiary/aromatic N) is 3. The van der Waals surface area contributed by atoms with Crippen LogP contribution in [0.4, 0.5) is 0 Å². The molecule has 0 spiro atoms. The van der Waals surface area contributed by atoms with Crippen molar-refractivity contribution in [3.8, 4) is 0 Å². The summed E-state index contributed by atoms with van der Waals surface area (Å²) in [6.07, 6.45) is 5.46. The number of thiocarbonyl (C=S) groups is 1. The van der Waals surface area contributed by atoms with Crippen LogP contribution in [0, 0.1) is 0 Å². The summed E-state index contributed by atoms with van der Waals surface area (Å²) in [6.45, 7) is 4.12. The second kappa shape index (κ2) is 7.07. The van der Waals surface area contributed by atoms with Crippen LogP contribution < -0.4 is 16.2 Å². The smallest absolute Gasteiger partial charge is 0.270 e. The Morgan fingerprint density at radius 3 is 2.63 bits per heavy atom. The number of amides is 1. The molecular formula is C19H26N6OS. The second-order valence-corrected chi connectivity index (χ2v) is 8.12. The van der Waals surface area contributed by atoms with Crippen LogP contribution in [0.1, 0.15) is 79.5 Å². The number of pyridine rings is 1. The first kappa shape index (κ1) is 18.2. The number of fused-ring (bicyclic) bond motifs is 1. The number of nitrogens with one attached hydrogen (secondary N) is 3. The molecule has 1 amide bonds.